The number of halogens is 1. The fourth-order valence-electron chi connectivity index (χ4n) is 0.938. The highest BCUT2D eigenvalue weighted by molar-refractivity contribution is 7.74. The fraction of sp³-hybridized carbons (Fsp3) is 0.125. The zero-order valence-corrected chi connectivity index (χ0v) is 8.88. The van der Waals surface area contributed by atoms with Gasteiger partial charge in [-0.1, -0.05) is 17.7 Å². The van der Waals surface area contributed by atoms with Crippen LogP contribution < -0.4 is 0 Å². The van der Waals surface area contributed by atoms with E-state index in [1.807, 2.05) is 0 Å². The molecule has 1 N–H and O–H groups in total. The molecule has 0 heterocycles. The second kappa shape index (κ2) is 5.22. The van der Waals surface area contributed by atoms with E-state index in [1.165, 1.54) is 18.2 Å². The van der Waals surface area contributed by atoms with Crippen molar-refractivity contribution in [2.45, 2.75) is 6.61 Å². The molecule has 0 radical (unpaired) electrons. The Balaban J connectivity index is 2.82. The molecule has 1 aromatic carbocycles. The second-order valence-corrected chi connectivity index (χ2v) is 3.64. The summed E-state index contributed by atoms with van der Waals surface area (Å²) in [5.74, 6) is -1.14. The van der Waals surface area contributed by atoms with Gasteiger partial charge < -0.3 is 9.66 Å². The van der Waals surface area contributed by atoms with Gasteiger partial charge in [0.25, 0.3) is 0 Å². The number of hydrogen-bond donors (Lipinski definition) is 1. The van der Waals surface area contributed by atoms with Gasteiger partial charge in [-0.15, -0.1) is 0 Å². The Bertz CT molecular complexity index is 406. The molecule has 1 aromatic rings. The summed E-state index contributed by atoms with van der Waals surface area (Å²) in [6, 6.07) is 4.07. The first-order valence-electron chi connectivity index (χ1n) is 3.75. The van der Waals surface area contributed by atoms with Gasteiger partial charge in [0.05, 0.1) is 28.6 Å². The third-order valence-electron chi connectivity index (χ3n) is 1.59. The van der Waals surface area contributed by atoms with E-state index in [-0.39, 0.29) is 17.2 Å². The lowest BCUT2D eigenvalue weighted by Gasteiger charge is -2.06. The minimum atomic E-state index is -2.60. The highest BCUT2D eigenvalue weighted by Crippen LogP contribution is 2.18. The Hall–Kier alpha value is -0.950. The largest absolute Gasteiger partial charge is 0.750 e. The lowest BCUT2D eigenvalue weighted by molar-refractivity contribution is 0.0697. The summed E-state index contributed by atoms with van der Waals surface area (Å²) >= 11 is 3.05. The molecule has 1 unspecified atom stereocenters. The first kappa shape index (κ1) is 12.1. The van der Waals surface area contributed by atoms with Crippen molar-refractivity contribution in [2.24, 2.45) is 0 Å². The SMILES string of the molecule is O=C(O)c1ccc(COS(=O)[O-])cc1Cl. The summed E-state index contributed by atoms with van der Waals surface area (Å²) in [6.45, 7) is -0.171. The van der Waals surface area contributed by atoms with Crippen LogP contribution in [0.5, 0.6) is 0 Å². The van der Waals surface area contributed by atoms with Crippen LogP contribution in [0.15, 0.2) is 18.2 Å². The molecule has 1 rings (SSSR count). The smallest absolute Gasteiger partial charge is 0.337 e. The molecule has 0 saturated carbocycles. The molecule has 0 aliphatic rings. The van der Waals surface area contributed by atoms with E-state index in [0.717, 1.165) is 0 Å². The Morgan fingerprint density at radius 3 is 2.73 bits per heavy atom. The van der Waals surface area contributed by atoms with Gasteiger partial charge in [0.2, 0.25) is 0 Å². The van der Waals surface area contributed by atoms with Crippen LogP contribution in [0, 0.1) is 0 Å². The first-order chi connectivity index (χ1) is 7.00. The van der Waals surface area contributed by atoms with Crippen LogP contribution in [-0.2, 0) is 22.2 Å². The lowest BCUT2D eigenvalue weighted by Crippen LogP contribution is -2.00. The number of hydrogen-bond acceptors (Lipinski definition) is 4. The van der Waals surface area contributed by atoms with Gasteiger partial charge in [-0.2, -0.15) is 0 Å². The van der Waals surface area contributed by atoms with E-state index in [2.05, 4.69) is 4.18 Å². The first-order valence-corrected chi connectivity index (χ1v) is 5.12. The van der Waals surface area contributed by atoms with Crippen molar-refractivity contribution < 1.29 is 22.8 Å². The summed E-state index contributed by atoms with van der Waals surface area (Å²) in [7, 11) is 0. The molecule has 1 atom stereocenters. The number of aromatic carboxylic acids is 1. The molecule has 0 saturated heterocycles. The third-order valence-corrected chi connectivity index (χ3v) is 2.21. The number of carbonyl (C=O) groups is 1. The van der Waals surface area contributed by atoms with Crippen molar-refractivity contribution in [1.82, 2.24) is 0 Å². The molecule has 0 aliphatic heterocycles. The molecule has 82 valence electrons. The average molecular weight is 250 g/mol. The summed E-state index contributed by atoms with van der Waals surface area (Å²) in [4.78, 5) is 10.6. The van der Waals surface area contributed by atoms with E-state index in [1.54, 1.807) is 0 Å². The maximum atomic E-state index is 10.6. The lowest BCUT2D eigenvalue weighted by atomic mass is 10.1. The van der Waals surface area contributed by atoms with E-state index in [4.69, 9.17) is 16.7 Å². The summed E-state index contributed by atoms with van der Waals surface area (Å²) in [5.41, 5.74) is 0.442. The third kappa shape index (κ3) is 3.60. The van der Waals surface area contributed by atoms with Gasteiger partial charge in [0.15, 0.2) is 0 Å². The topological polar surface area (TPSA) is 86.7 Å². The number of benzene rings is 1. The Kier molecular flexibility index (Phi) is 4.22. The molecular formula is C8H6ClO5S-. The molecule has 5 nitrogen and oxygen atoms in total. The molecule has 0 spiro atoms. The number of carboxylic acid groups (broad SMARTS) is 1. The zero-order valence-electron chi connectivity index (χ0n) is 7.31. The standard InChI is InChI=1S/C8H7ClO5S/c9-7-3-5(4-14-15(12)13)1-2-6(7)8(10)11/h1-3H,4H2,(H,10,11)(H,12,13)/p-1. The highest BCUT2D eigenvalue weighted by atomic mass is 35.5. The van der Waals surface area contributed by atoms with Crippen molar-refractivity contribution in [2.75, 3.05) is 0 Å². The average Bonchev–Trinajstić information content (AvgIpc) is 2.14. The molecule has 0 bridgehead atoms. The number of carboxylic acids is 1. The van der Waals surface area contributed by atoms with Crippen molar-refractivity contribution in [1.29, 1.82) is 0 Å². The Morgan fingerprint density at radius 2 is 2.27 bits per heavy atom. The maximum Gasteiger partial charge on any atom is 0.337 e. The van der Waals surface area contributed by atoms with Crippen LogP contribution in [-0.4, -0.2) is 19.8 Å². The summed E-state index contributed by atoms with van der Waals surface area (Å²) in [6.07, 6.45) is 0. The molecule has 0 aliphatic carbocycles. The van der Waals surface area contributed by atoms with E-state index < -0.39 is 17.3 Å². The second-order valence-electron chi connectivity index (χ2n) is 2.59. The molecule has 0 amide bonds. The maximum absolute atomic E-state index is 10.6. The molecule has 7 heteroatoms. The van der Waals surface area contributed by atoms with Crippen molar-refractivity contribution in [3.05, 3.63) is 34.3 Å². The van der Waals surface area contributed by atoms with E-state index >= 15 is 0 Å². The quantitative estimate of drug-likeness (QED) is 0.814. The van der Waals surface area contributed by atoms with Gasteiger partial charge >= 0.3 is 5.97 Å². The normalized spacial score (nSPS) is 12.4. The van der Waals surface area contributed by atoms with E-state index in [9.17, 15) is 13.6 Å². The van der Waals surface area contributed by atoms with Crippen molar-refractivity contribution in [3.8, 4) is 0 Å². The molecule has 0 aromatic heterocycles. The van der Waals surface area contributed by atoms with Crippen LogP contribution >= 0.6 is 11.6 Å². The highest BCUT2D eigenvalue weighted by Gasteiger charge is 2.08. The Labute approximate surface area is 93.1 Å². The van der Waals surface area contributed by atoms with E-state index in [0.29, 0.717) is 5.56 Å². The van der Waals surface area contributed by atoms with Gasteiger partial charge in [-0.3, -0.25) is 4.18 Å². The van der Waals surface area contributed by atoms with Gasteiger partial charge in [0.1, 0.15) is 0 Å². The van der Waals surface area contributed by atoms with Crippen molar-refractivity contribution >= 4 is 28.9 Å². The monoisotopic (exact) mass is 249 g/mol. The number of rotatable bonds is 4. The van der Waals surface area contributed by atoms with Crippen LogP contribution in [0.3, 0.4) is 0 Å². The zero-order chi connectivity index (χ0) is 11.4. The Morgan fingerprint density at radius 1 is 1.60 bits per heavy atom. The molecular weight excluding hydrogens is 244 g/mol. The minimum Gasteiger partial charge on any atom is -0.750 e. The fourth-order valence-corrected chi connectivity index (χ4v) is 1.45. The van der Waals surface area contributed by atoms with Gasteiger partial charge in [-0.05, 0) is 17.7 Å². The van der Waals surface area contributed by atoms with Crippen LogP contribution in [0.1, 0.15) is 15.9 Å². The van der Waals surface area contributed by atoms with Crippen LogP contribution in [0.2, 0.25) is 5.02 Å². The van der Waals surface area contributed by atoms with Gasteiger partial charge in [-0.25, -0.2) is 9.00 Å². The van der Waals surface area contributed by atoms with Gasteiger partial charge in [0, 0.05) is 0 Å². The summed E-state index contributed by atoms with van der Waals surface area (Å²) < 4.78 is 24.5. The summed E-state index contributed by atoms with van der Waals surface area (Å²) in [5, 5.41) is 8.70. The molecule has 15 heavy (non-hydrogen) atoms. The predicted octanol–water partition coefficient (Wildman–Crippen LogP) is 1.35. The van der Waals surface area contributed by atoms with Crippen LogP contribution in [0.4, 0.5) is 0 Å². The van der Waals surface area contributed by atoms with Crippen LogP contribution in [0.25, 0.3) is 0 Å². The minimum absolute atomic E-state index is 0.0383. The van der Waals surface area contributed by atoms with Crippen molar-refractivity contribution in [3.63, 3.8) is 0 Å². The molecule has 0 fully saturated rings. The predicted molar refractivity (Wildman–Crippen MR) is 52.1 cm³/mol.